The van der Waals surface area contributed by atoms with Crippen molar-refractivity contribution in [1.82, 2.24) is 30.4 Å². The molecule has 3 N–H and O–H groups in total. The lowest BCUT2D eigenvalue weighted by Crippen LogP contribution is -2.47. The van der Waals surface area contributed by atoms with Gasteiger partial charge >= 0.3 is 0 Å². The van der Waals surface area contributed by atoms with E-state index in [4.69, 9.17) is 4.99 Å². The predicted octanol–water partition coefficient (Wildman–Crippen LogP) is 3.11. The molecule has 7 nitrogen and oxygen atoms in total. The summed E-state index contributed by atoms with van der Waals surface area (Å²) >= 11 is 0. The standard InChI is InChI=1S/C21H29N7.HI/c1-4-22-21(26-17-8-9-19-25-15(3)27-28(19)13-17)23-11-10-16-12-24-20-14(2)6-5-7-18(16)20;/h5-7,12,17,24H,4,8-11,13H2,1-3H3,(H2,22,23,26);1H. The topological polar surface area (TPSA) is 82.9 Å². The van der Waals surface area contributed by atoms with Crippen LogP contribution in [0.3, 0.4) is 0 Å². The second-order valence-corrected chi connectivity index (χ2v) is 7.46. The number of fused-ring (bicyclic) bond motifs is 2. The number of rotatable bonds is 5. The van der Waals surface area contributed by atoms with Gasteiger partial charge < -0.3 is 15.6 Å². The number of hydrogen-bond donors (Lipinski definition) is 3. The van der Waals surface area contributed by atoms with Crippen molar-refractivity contribution >= 4 is 40.8 Å². The summed E-state index contributed by atoms with van der Waals surface area (Å²) in [6, 6.07) is 6.76. The molecule has 0 aliphatic carbocycles. The third-order valence-electron chi connectivity index (χ3n) is 5.31. The first-order chi connectivity index (χ1) is 13.6. The number of H-pyrrole nitrogens is 1. The Bertz CT molecular complexity index is 988. The van der Waals surface area contributed by atoms with Crippen molar-refractivity contribution in [2.24, 2.45) is 4.99 Å². The average molecular weight is 507 g/mol. The minimum Gasteiger partial charge on any atom is -0.361 e. The fraction of sp³-hybridized carbons (Fsp3) is 0.476. The zero-order chi connectivity index (χ0) is 19.5. The normalized spacial score (nSPS) is 16.4. The number of benzene rings is 1. The van der Waals surface area contributed by atoms with Gasteiger partial charge in [-0.2, -0.15) is 5.10 Å². The molecule has 0 bridgehead atoms. The van der Waals surface area contributed by atoms with E-state index in [9.17, 15) is 0 Å². The van der Waals surface area contributed by atoms with Crippen molar-refractivity contribution in [2.75, 3.05) is 13.1 Å². The molecule has 156 valence electrons. The number of nitrogens with one attached hydrogen (secondary N) is 3. The first kappa shape index (κ1) is 21.6. The van der Waals surface area contributed by atoms with Crippen LogP contribution >= 0.6 is 24.0 Å². The van der Waals surface area contributed by atoms with Crippen molar-refractivity contribution in [3.05, 3.63) is 47.2 Å². The Hall–Kier alpha value is -2.10. The van der Waals surface area contributed by atoms with Gasteiger partial charge in [-0.15, -0.1) is 24.0 Å². The van der Waals surface area contributed by atoms with Crippen LogP contribution in [0.5, 0.6) is 0 Å². The predicted molar refractivity (Wildman–Crippen MR) is 128 cm³/mol. The molecular weight excluding hydrogens is 477 g/mol. The van der Waals surface area contributed by atoms with Gasteiger partial charge in [0.2, 0.25) is 0 Å². The van der Waals surface area contributed by atoms with Crippen LogP contribution in [0.1, 0.15) is 36.1 Å². The van der Waals surface area contributed by atoms with Crippen molar-refractivity contribution in [3.8, 4) is 0 Å². The van der Waals surface area contributed by atoms with Crippen molar-refractivity contribution in [2.45, 2.75) is 52.6 Å². The molecule has 2 aromatic heterocycles. The molecule has 1 unspecified atom stereocenters. The van der Waals surface area contributed by atoms with Gasteiger partial charge in [0.25, 0.3) is 0 Å². The van der Waals surface area contributed by atoms with E-state index in [0.717, 1.165) is 56.5 Å². The molecule has 0 radical (unpaired) electrons. The van der Waals surface area contributed by atoms with Crippen LogP contribution < -0.4 is 10.6 Å². The van der Waals surface area contributed by atoms with Crippen molar-refractivity contribution < 1.29 is 0 Å². The molecule has 0 saturated heterocycles. The first-order valence-electron chi connectivity index (χ1n) is 10.1. The smallest absolute Gasteiger partial charge is 0.191 e. The molecule has 1 aliphatic heterocycles. The highest BCUT2D eigenvalue weighted by Crippen LogP contribution is 2.21. The zero-order valence-electron chi connectivity index (χ0n) is 17.3. The molecule has 8 heteroatoms. The summed E-state index contributed by atoms with van der Waals surface area (Å²) in [6.45, 7) is 8.61. The number of guanidine groups is 1. The molecule has 0 saturated carbocycles. The number of aromatic nitrogens is 4. The Morgan fingerprint density at radius 2 is 2.21 bits per heavy atom. The highest BCUT2D eigenvalue weighted by molar-refractivity contribution is 14.0. The summed E-state index contributed by atoms with van der Waals surface area (Å²) in [5, 5.41) is 12.7. The van der Waals surface area contributed by atoms with Crippen molar-refractivity contribution in [1.29, 1.82) is 0 Å². The van der Waals surface area contributed by atoms with Crippen LogP contribution in [0.4, 0.5) is 0 Å². The molecule has 1 aromatic carbocycles. The largest absolute Gasteiger partial charge is 0.361 e. The molecule has 0 fully saturated rings. The summed E-state index contributed by atoms with van der Waals surface area (Å²) in [5.41, 5.74) is 3.83. The van der Waals surface area contributed by atoms with Gasteiger partial charge in [0, 0.05) is 42.7 Å². The minimum atomic E-state index is 0. The van der Waals surface area contributed by atoms with Crippen molar-refractivity contribution in [3.63, 3.8) is 0 Å². The summed E-state index contributed by atoms with van der Waals surface area (Å²) in [6.07, 6.45) is 5.03. The van der Waals surface area contributed by atoms with Gasteiger partial charge in [-0.1, -0.05) is 18.2 Å². The molecule has 4 rings (SSSR count). The van der Waals surface area contributed by atoms with E-state index >= 15 is 0 Å². The fourth-order valence-electron chi connectivity index (χ4n) is 3.92. The summed E-state index contributed by atoms with van der Waals surface area (Å²) in [5.74, 6) is 2.82. The van der Waals surface area contributed by atoms with Gasteiger partial charge in [0.05, 0.1) is 6.54 Å². The molecular formula is C21H30IN7. The highest BCUT2D eigenvalue weighted by atomic mass is 127. The fourth-order valence-corrected chi connectivity index (χ4v) is 3.92. The number of halogens is 1. The van der Waals surface area contributed by atoms with E-state index in [1.54, 1.807) is 0 Å². The Balaban J connectivity index is 0.00000240. The number of hydrogen-bond acceptors (Lipinski definition) is 3. The number of nitrogens with zero attached hydrogens (tertiary/aromatic N) is 4. The maximum absolute atomic E-state index is 4.81. The van der Waals surface area contributed by atoms with E-state index in [1.807, 2.05) is 11.6 Å². The van der Waals surface area contributed by atoms with E-state index < -0.39 is 0 Å². The van der Waals surface area contributed by atoms with Crippen LogP contribution in [0.25, 0.3) is 10.9 Å². The molecule has 3 heterocycles. The number of aliphatic imine (C=N–C) groups is 1. The summed E-state index contributed by atoms with van der Waals surface area (Å²) < 4.78 is 2.02. The third-order valence-corrected chi connectivity index (χ3v) is 5.31. The van der Waals surface area contributed by atoms with Gasteiger partial charge in [-0.05, 0) is 44.7 Å². The maximum Gasteiger partial charge on any atom is 0.191 e. The zero-order valence-corrected chi connectivity index (χ0v) is 19.7. The summed E-state index contributed by atoms with van der Waals surface area (Å²) in [7, 11) is 0. The molecule has 1 atom stereocenters. The number of aryl methyl sites for hydroxylation is 3. The number of aromatic amines is 1. The maximum atomic E-state index is 4.81. The van der Waals surface area contributed by atoms with Crippen LogP contribution in [0.15, 0.2) is 29.4 Å². The second-order valence-electron chi connectivity index (χ2n) is 7.46. The van der Waals surface area contributed by atoms with E-state index in [2.05, 4.69) is 63.9 Å². The average Bonchev–Trinajstić information content (AvgIpc) is 3.25. The first-order valence-corrected chi connectivity index (χ1v) is 10.1. The van der Waals surface area contributed by atoms with E-state index in [-0.39, 0.29) is 24.0 Å². The lowest BCUT2D eigenvalue weighted by Gasteiger charge is -2.25. The van der Waals surface area contributed by atoms with Crippen LogP contribution in [-0.2, 0) is 19.4 Å². The van der Waals surface area contributed by atoms with Gasteiger partial charge in [-0.3, -0.25) is 4.99 Å². The Morgan fingerprint density at radius 3 is 3.03 bits per heavy atom. The van der Waals surface area contributed by atoms with Gasteiger partial charge in [-0.25, -0.2) is 9.67 Å². The SMILES string of the molecule is CCNC(=NCCc1c[nH]c2c(C)cccc12)NC1CCc2nc(C)nn2C1.I. The van der Waals surface area contributed by atoms with Gasteiger partial charge in [0.15, 0.2) is 5.96 Å². The van der Waals surface area contributed by atoms with Crippen LogP contribution in [-0.4, -0.2) is 44.8 Å². The third kappa shape index (κ3) is 4.91. The summed E-state index contributed by atoms with van der Waals surface area (Å²) in [4.78, 5) is 12.7. The van der Waals surface area contributed by atoms with E-state index in [1.165, 1.54) is 22.0 Å². The minimum absolute atomic E-state index is 0. The lowest BCUT2D eigenvalue weighted by atomic mass is 10.1. The lowest BCUT2D eigenvalue weighted by molar-refractivity contribution is 0.392. The Labute approximate surface area is 188 Å². The van der Waals surface area contributed by atoms with Crippen LogP contribution in [0, 0.1) is 13.8 Å². The molecule has 29 heavy (non-hydrogen) atoms. The molecule has 0 spiro atoms. The molecule has 3 aromatic rings. The molecule has 0 amide bonds. The Morgan fingerprint density at radius 1 is 1.34 bits per heavy atom. The van der Waals surface area contributed by atoms with E-state index in [0.29, 0.717) is 6.04 Å². The molecule has 1 aliphatic rings. The second kappa shape index (κ2) is 9.60. The highest BCUT2D eigenvalue weighted by Gasteiger charge is 2.21. The van der Waals surface area contributed by atoms with Gasteiger partial charge in [0.1, 0.15) is 11.6 Å². The van der Waals surface area contributed by atoms with Crippen LogP contribution in [0.2, 0.25) is 0 Å². The number of para-hydroxylation sites is 1. The Kier molecular flexibility index (Phi) is 7.15. The quantitative estimate of drug-likeness (QED) is 0.282. The monoisotopic (exact) mass is 507 g/mol.